The molecule has 0 aliphatic rings. The lowest BCUT2D eigenvalue weighted by molar-refractivity contribution is 1.23. The maximum atomic E-state index is 5.66. The molecule has 0 aliphatic heterocycles. The normalized spacial score (nSPS) is 12.5. The summed E-state index contributed by atoms with van der Waals surface area (Å²) in [4.78, 5) is 13.7. The highest BCUT2D eigenvalue weighted by Crippen LogP contribution is 2.49. The Hall–Kier alpha value is -7.24. The molecule has 5 aromatic heterocycles. The quantitative estimate of drug-likeness (QED) is 0.187. The van der Waals surface area contributed by atoms with Crippen LogP contribution >= 0.6 is 0 Å². The zero-order chi connectivity index (χ0) is 34.4. The van der Waals surface area contributed by atoms with Gasteiger partial charge in [0.2, 0.25) is 0 Å². The van der Waals surface area contributed by atoms with Gasteiger partial charge in [0.25, 0.3) is 0 Å². The summed E-state index contributed by atoms with van der Waals surface area (Å²) in [6, 6.07) is 59.0. The van der Waals surface area contributed by atoms with Crippen molar-refractivity contribution in [3.63, 3.8) is 0 Å². The predicted molar refractivity (Wildman–Crippen MR) is 221 cm³/mol. The lowest BCUT2D eigenvalue weighted by Crippen LogP contribution is -2.11. The van der Waals surface area contributed by atoms with Crippen LogP contribution in [0.4, 0.5) is 17.1 Å². The zero-order valence-electron chi connectivity index (χ0n) is 28.3. The van der Waals surface area contributed by atoms with Crippen molar-refractivity contribution < 1.29 is 0 Å². The molecule has 0 spiro atoms. The molecule has 5 heterocycles. The summed E-state index contributed by atoms with van der Waals surface area (Å²) in [5, 5.41) is 12.0. The van der Waals surface area contributed by atoms with E-state index < -0.39 is 0 Å². The Morgan fingerprint density at radius 3 is 1.60 bits per heavy atom. The standard InChI is InChI=1S/C48H27N5/c1-3-16-31(17-4-1)51(32-18-5-2-6-19-32)40-27-30-15-9-10-20-33(30)41-35-22-12-24-37-43-48(53(45(35)37)46(40)41)50-42-36-23-11-21-34-38-25-28-13-7-8-14-29(28)26-39(38)52(44(34)36)47(42)49-43/h1-27H. The monoisotopic (exact) mass is 673 g/mol. The Bertz CT molecular complexity index is 3580. The van der Waals surface area contributed by atoms with E-state index in [2.05, 4.69) is 177 Å². The van der Waals surface area contributed by atoms with Crippen molar-refractivity contribution in [2.24, 2.45) is 0 Å². The molecule has 0 saturated heterocycles. The molecule has 13 rings (SSSR count). The van der Waals surface area contributed by atoms with Crippen molar-refractivity contribution in [3.8, 4) is 0 Å². The second kappa shape index (κ2) is 9.75. The van der Waals surface area contributed by atoms with Gasteiger partial charge in [-0.2, -0.15) is 0 Å². The van der Waals surface area contributed by atoms with Crippen molar-refractivity contribution in [2.45, 2.75) is 0 Å². The maximum Gasteiger partial charge on any atom is 0.165 e. The first kappa shape index (κ1) is 27.5. The molecule has 0 bridgehead atoms. The lowest BCUT2D eigenvalue weighted by atomic mass is 10.0. The van der Waals surface area contributed by atoms with Crippen LogP contribution in [0.1, 0.15) is 0 Å². The van der Waals surface area contributed by atoms with E-state index in [-0.39, 0.29) is 0 Å². The minimum atomic E-state index is 0.875. The Kier molecular flexibility index (Phi) is 5.06. The van der Waals surface area contributed by atoms with Gasteiger partial charge in [-0.05, 0) is 64.0 Å². The number of anilines is 3. The number of hydrogen-bond donors (Lipinski definition) is 0. The van der Waals surface area contributed by atoms with E-state index in [1.54, 1.807) is 0 Å². The average Bonchev–Trinajstić information content (AvgIpc) is 3.94. The summed E-state index contributed by atoms with van der Waals surface area (Å²) in [5.41, 5.74) is 11.5. The van der Waals surface area contributed by atoms with Crippen LogP contribution in [0.25, 0.3) is 98.3 Å². The number of aromatic nitrogens is 4. The van der Waals surface area contributed by atoms with E-state index in [1.165, 1.54) is 48.6 Å². The van der Waals surface area contributed by atoms with Gasteiger partial charge in [0.15, 0.2) is 11.3 Å². The van der Waals surface area contributed by atoms with E-state index >= 15 is 0 Å². The molecule has 0 atom stereocenters. The molecule has 5 heteroatoms. The van der Waals surface area contributed by atoms with Crippen molar-refractivity contribution in [3.05, 3.63) is 164 Å². The van der Waals surface area contributed by atoms with Crippen LogP contribution in [0.3, 0.4) is 0 Å². The van der Waals surface area contributed by atoms with E-state index in [9.17, 15) is 0 Å². The highest BCUT2D eigenvalue weighted by molar-refractivity contribution is 6.31. The van der Waals surface area contributed by atoms with Crippen LogP contribution in [0.5, 0.6) is 0 Å². The predicted octanol–water partition coefficient (Wildman–Crippen LogP) is 12.6. The van der Waals surface area contributed by atoms with E-state index in [0.717, 1.165) is 66.7 Å². The molecule has 0 radical (unpaired) electrons. The number of benzene rings is 8. The highest BCUT2D eigenvalue weighted by atomic mass is 15.2. The first-order valence-electron chi connectivity index (χ1n) is 18.1. The number of nitrogens with zero attached hydrogens (tertiary/aromatic N) is 5. The van der Waals surface area contributed by atoms with Crippen molar-refractivity contribution in [1.29, 1.82) is 0 Å². The average molecular weight is 674 g/mol. The molecule has 0 N–H and O–H groups in total. The summed E-state index contributed by atoms with van der Waals surface area (Å²) in [7, 11) is 0. The molecule has 5 nitrogen and oxygen atoms in total. The Labute approximate surface area is 301 Å². The first-order chi connectivity index (χ1) is 26.3. The second-order valence-electron chi connectivity index (χ2n) is 14.2. The van der Waals surface area contributed by atoms with E-state index in [4.69, 9.17) is 9.97 Å². The molecule has 0 saturated carbocycles. The Morgan fingerprint density at radius 2 is 0.906 bits per heavy atom. The van der Waals surface area contributed by atoms with Crippen LogP contribution in [0, 0.1) is 0 Å². The molecule has 8 aromatic carbocycles. The molecule has 0 fully saturated rings. The van der Waals surface area contributed by atoms with Gasteiger partial charge in [0, 0.05) is 43.7 Å². The van der Waals surface area contributed by atoms with Crippen LogP contribution in [-0.2, 0) is 0 Å². The van der Waals surface area contributed by atoms with E-state index in [0.29, 0.717) is 0 Å². The zero-order valence-corrected chi connectivity index (χ0v) is 28.3. The molecular weight excluding hydrogens is 647 g/mol. The van der Waals surface area contributed by atoms with Gasteiger partial charge in [-0.25, -0.2) is 9.97 Å². The van der Waals surface area contributed by atoms with Crippen LogP contribution < -0.4 is 4.90 Å². The van der Waals surface area contributed by atoms with Gasteiger partial charge in [0.05, 0.1) is 27.8 Å². The van der Waals surface area contributed by atoms with Crippen LogP contribution in [0.15, 0.2) is 164 Å². The Morgan fingerprint density at radius 1 is 0.377 bits per heavy atom. The molecule has 0 aliphatic carbocycles. The smallest absolute Gasteiger partial charge is 0.165 e. The van der Waals surface area contributed by atoms with Crippen LogP contribution in [0.2, 0.25) is 0 Å². The summed E-state index contributed by atoms with van der Waals surface area (Å²) >= 11 is 0. The Balaban J connectivity index is 1.24. The van der Waals surface area contributed by atoms with Gasteiger partial charge < -0.3 is 4.90 Å². The molecule has 0 amide bonds. The van der Waals surface area contributed by atoms with Gasteiger partial charge in [-0.3, -0.25) is 8.80 Å². The van der Waals surface area contributed by atoms with Crippen molar-refractivity contribution in [2.75, 3.05) is 4.90 Å². The number of fused-ring (bicyclic) bond motifs is 15. The second-order valence-corrected chi connectivity index (χ2v) is 14.2. The highest BCUT2D eigenvalue weighted by Gasteiger charge is 2.28. The maximum absolute atomic E-state index is 5.66. The third-order valence-corrected chi connectivity index (χ3v) is 11.5. The third kappa shape index (κ3) is 3.42. The summed E-state index contributed by atoms with van der Waals surface area (Å²) in [6.45, 7) is 0. The molecular formula is C48H27N5. The minimum absolute atomic E-state index is 0.875. The van der Waals surface area contributed by atoms with E-state index in [1.807, 2.05) is 0 Å². The lowest BCUT2D eigenvalue weighted by Gasteiger charge is -2.27. The topological polar surface area (TPSA) is 37.8 Å². The van der Waals surface area contributed by atoms with Gasteiger partial charge in [-0.1, -0.05) is 121 Å². The SMILES string of the molecule is c1ccc(N(c2ccccc2)c2cc3ccccc3c3c4cccc5c6nc7c(nc6n(c23)c54)c2cccc3c4cc5ccccc5cc4n7c32)cc1. The van der Waals surface area contributed by atoms with Crippen LogP contribution in [-0.4, -0.2) is 18.8 Å². The number of hydrogen-bond acceptors (Lipinski definition) is 3. The summed E-state index contributed by atoms with van der Waals surface area (Å²) < 4.78 is 4.76. The molecule has 53 heavy (non-hydrogen) atoms. The summed E-state index contributed by atoms with van der Waals surface area (Å²) in [6.07, 6.45) is 0. The first-order valence-corrected chi connectivity index (χ1v) is 18.1. The van der Waals surface area contributed by atoms with Gasteiger partial charge in [0.1, 0.15) is 11.0 Å². The van der Waals surface area contributed by atoms with Gasteiger partial charge in [-0.15, -0.1) is 0 Å². The minimum Gasteiger partial charge on any atom is -0.308 e. The fourth-order valence-corrected chi connectivity index (χ4v) is 9.33. The fraction of sp³-hybridized carbons (Fsp3) is 0. The third-order valence-electron chi connectivity index (χ3n) is 11.5. The fourth-order valence-electron chi connectivity index (χ4n) is 9.33. The van der Waals surface area contributed by atoms with Gasteiger partial charge >= 0.3 is 0 Å². The molecule has 244 valence electrons. The largest absolute Gasteiger partial charge is 0.308 e. The number of rotatable bonds is 3. The summed E-state index contributed by atoms with van der Waals surface area (Å²) in [5.74, 6) is 0. The molecule has 0 unspecified atom stereocenters. The molecule has 13 aromatic rings. The van der Waals surface area contributed by atoms with Crippen molar-refractivity contribution in [1.82, 2.24) is 18.8 Å². The number of para-hydroxylation sites is 4. The van der Waals surface area contributed by atoms with Crippen molar-refractivity contribution >= 4 is 115 Å².